The maximum atomic E-state index is 4.44. The van der Waals surface area contributed by atoms with Crippen LogP contribution in [-0.4, -0.2) is 57.1 Å². The fourth-order valence-electron chi connectivity index (χ4n) is 4.12. The number of allylic oxidation sites excluding steroid dienone is 8. The topological polar surface area (TPSA) is 24.0 Å². The molecule has 3 aromatic rings. The average Bonchev–Trinajstić information content (AvgIpc) is 4.12. The Hall–Kier alpha value is 10.6. The van der Waals surface area contributed by atoms with E-state index in [-0.39, 0.29) is 281 Å². The van der Waals surface area contributed by atoms with Gasteiger partial charge in [0.25, 0.3) is 0 Å². The SMILES string of the molecule is CC(C)C1=CCC([C-]=[V])=[C-]1.CC(C)C1=[C-]C([C-]=[V])=CC1.CC(C)c1[c-]n([C-]=[V])cc1.CC(C)c1ccc([C-]=[V])[n-]1.CC(C)n1[c-]c([C-]=[V])cc1.C[C-]=[V].C[C-]=[V].C[C-]=[V].C[C-]=[V].[CH-]=[V].[U].[U].[U].[U].[U].[V].[V].[V].[V].[V].[Y]. The third kappa shape index (κ3) is 78.8. The summed E-state index contributed by atoms with van der Waals surface area (Å²) in [5, 5.41) is 4.44. The van der Waals surface area contributed by atoms with Gasteiger partial charge in [-0.1, -0.05) is 0 Å². The van der Waals surface area contributed by atoms with E-state index in [1.807, 2.05) is 79.8 Å². The molecule has 2 aliphatic carbocycles. The third-order valence-electron chi connectivity index (χ3n) is 7.30. The molecule has 2 aliphatic rings. The summed E-state index contributed by atoms with van der Waals surface area (Å²) in [4.78, 5) is 7.20. The molecule has 0 saturated carbocycles. The largest absolute Gasteiger partial charge is 0 e. The van der Waals surface area contributed by atoms with Gasteiger partial charge in [-0.15, -0.1) is 0 Å². The van der Waals surface area contributed by atoms with Crippen molar-refractivity contribution < 1.29 is 451 Å². The Bertz CT molecular complexity index is 1770. The van der Waals surface area contributed by atoms with Gasteiger partial charge in [-0.3, -0.25) is 0 Å². The zero-order valence-electron chi connectivity index (χ0n) is 45.1. The van der Waals surface area contributed by atoms with Crippen LogP contribution in [0.1, 0.15) is 150 Å². The second kappa shape index (κ2) is 93.3. The van der Waals surface area contributed by atoms with Gasteiger partial charge in [0.1, 0.15) is 0 Å². The standard InChI is InChI=1S/2C9H10.3C8H9N.4C2H3.CH.5U.15V.Y/c2*1-7(2)9-5-4-8(3)6-9;1-7(2)8-4-5-9(3)6-8;1-7(2)9-5-4-8(3)6-9;1-6(2)8-5-4-7(3)9-8;4*1-2;;;;;;;;;;;;;;;;;;;;;;/h5,7H,4H2,1-2H3;4,7H,5H2,1-2H3;2*4-5,7H,1-2H3;4-6H,1-2H3;4*1H3;1H;;;;;;;;;;;;;;;;;;;;;/q5*-2;5*-1;;;;;;;;;;;;;;;;;;;;;. The van der Waals surface area contributed by atoms with Gasteiger partial charge in [0.05, 0.1) is 0 Å². The quantitative estimate of drug-likeness (QED) is 0.187. The van der Waals surface area contributed by atoms with E-state index in [0.717, 1.165) is 35.4 Å². The van der Waals surface area contributed by atoms with E-state index in [1.54, 1.807) is 4.57 Å². The zero-order valence-corrected chi connectivity index (χ0v) is 89.7. The van der Waals surface area contributed by atoms with E-state index >= 15 is 0 Å². The Balaban J connectivity index is -0.0000000377. The van der Waals surface area contributed by atoms with Crippen molar-refractivity contribution in [1.29, 1.82) is 0 Å². The van der Waals surface area contributed by atoms with Crippen molar-refractivity contribution in [3.05, 3.63) is 118 Å². The Morgan fingerprint density at radius 3 is 1.20 bits per heavy atom. The normalized spacial score (nSPS) is 9.29. The Morgan fingerprint density at radius 2 is 1.00 bits per heavy atom. The molecule has 0 aliphatic heterocycles. The minimum atomic E-state index is 0. The van der Waals surface area contributed by atoms with E-state index in [2.05, 4.69) is 318 Å². The predicted octanol–water partition coefficient (Wildman–Crippen LogP) is 8.84. The molecule has 24 heteroatoms. The first-order valence-electron chi connectivity index (χ1n) is 19.8. The number of hydrogen-bond acceptors (Lipinski definition) is 0. The maximum Gasteiger partial charge on any atom is 0 e. The summed E-state index contributed by atoms with van der Waals surface area (Å²) in [6, 6.07) is 8.58. The van der Waals surface area contributed by atoms with Crippen molar-refractivity contribution in [2.75, 3.05) is 0 Å². The van der Waals surface area contributed by atoms with Gasteiger partial charge < -0.3 is 0 Å². The van der Waals surface area contributed by atoms with Crippen LogP contribution in [0.5, 0.6) is 0 Å². The smallest absolute Gasteiger partial charge is 0 e. The number of nitrogens with zero attached hydrogens (tertiary/aromatic N) is 3. The molecule has 5 rings (SSSR count). The zero-order chi connectivity index (χ0) is 50.6. The van der Waals surface area contributed by atoms with E-state index in [1.165, 1.54) is 22.3 Å². The van der Waals surface area contributed by atoms with Crippen LogP contribution >= 0.6 is 0 Å². The molecule has 0 fully saturated rings. The number of aromatic nitrogens is 3. The summed E-state index contributed by atoms with van der Waals surface area (Å²) >= 11 is 22.2. The Labute approximate surface area is 753 Å². The first-order valence-corrected chi connectivity index (χ1v) is 26.9. The molecule has 75 heavy (non-hydrogen) atoms. The summed E-state index contributed by atoms with van der Waals surface area (Å²) in [5.41, 5.74) is 9.36. The molecule has 0 unspecified atom stereocenters. The molecule has 0 saturated heterocycles. The molecular formula is C51H60N3U5V15Y-15. The van der Waals surface area contributed by atoms with Gasteiger partial charge in [-0.05, 0) is 0 Å². The number of rotatable bonds is 10. The molecule has 0 bridgehead atoms. The molecule has 3 aromatic heterocycles. The van der Waals surface area contributed by atoms with Gasteiger partial charge in [0.2, 0.25) is 0 Å². The van der Waals surface area contributed by atoms with Gasteiger partial charge in [-0.2, -0.15) is 0 Å². The third-order valence-corrected chi connectivity index (χ3v) is 9.16. The fourth-order valence-corrected chi connectivity index (χ4v) is 5.16. The molecular weight excluding hydrogens is 2700 g/mol. The summed E-state index contributed by atoms with van der Waals surface area (Å²) in [6.07, 6.45) is 23.3. The second-order valence-electron chi connectivity index (χ2n) is 13.9. The molecule has 0 spiro atoms. The van der Waals surface area contributed by atoms with Crippen molar-refractivity contribution in [3.63, 3.8) is 0 Å². The van der Waals surface area contributed by atoms with Crippen LogP contribution in [0.4, 0.5) is 0 Å². The van der Waals surface area contributed by atoms with E-state index < -0.39 is 0 Å². The monoisotopic (exact) mass is 2760 g/mol. The Kier molecular flexibility index (Phi) is 157. The molecule has 3 heterocycles. The molecule has 0 atom stereocenters. The first kappa shape index (κ1) is 126. The van der Waals surface area contributed by atoms with Crippen LogP contribution in [0.15, 0.2) is 71.1 Å². The molecule has 392 valence electrons. The van der Waals surface area contributed by atoms with Crippen molar-refractivity contribution in [1.82, 2.24) is 14.1 Å². The molecule has 6 radical (unpaired) electrons. The number of hydrogen-bond donors (Lipinski definition) is 0. The van der Waals surface area contributed by atoms with Crippen LogP contribution < -0.4 is 4.98 Å². The van der Waals surface area contributed by atoms with Gasteiger partial charge >= 0.3 is 489 Å². The summed E-state index contributed by atoms with van der Waals surface area (Å²) in [7, 11) is 0. The van der Waals surface area contributed by atoms with Crippen LogP contribution in [0.3, 0.4) is 0 Å². The van der Waals surface area contributed by atoms with Crippen molar-refractivity contribution in [2.45, 2.75) is 128 Å². The fraction of sp³-hybridized carbons (Fsp3) is 0.412. The van der Waals surface area contributed by atoms with Crippen LogP contribution in [0, 0.1) is 192 Å². The van der Waals surface area contributed by atoms with Crippen LogP contribution in [-0.2, 0) is 295 Å². The minimum Gasteiger partial charge on any atom is 0 e. The van der Waals surface area contributed by atoms with Crippen molar-refractivity contribution in [3.8, 4) is 0 Å². The van der Waals surface area contributed by atoms with E-state index in [4.69, 9.17) is 0 Å². The van der Waals surface area contributed by atoms with Gasteiger partial charge in [0.15, 0.2) is 0 Å². The minimum absolute atomic E-state index is 0. The van der Waals surface area contributed by atoms with Crippen LogP contribution in [0.2, 0.25) is 0 Å². The van der Waals surface area contributed by atoms with E-state index in [9.17, 15) is 0 Å². The molecule has 3 nitrogen and oxygen atoms in total. The van der Waals surface area contributed by atoms with Gasteiger partial charge in [0, 0.05) is 281 Å². The first-order chi connectivity index (χ1) is 30.3. The molecule has 0 aromatic carbocycles. The second-order valence-corrected chi connectivity index (χ2v) is 18.4. The summed E-state index contributed by atoms with van der Waals surface area (Å²) < 4.78 is 26.5. The maximum absolute atomic E-state index is 4.44. The summed E-state index contributed by atoms with van der Waals surface area (Å²) in [6.45, 7) is 29.0. The van der Waals surface area contributed by atoms with Crippen molar-refractivity contribution in [2.24, 2.45) is 11.8 Å². The predicted molar refractivity (Wildman–Crippen MR) is 241 cm³/mol. The van der Waals surface area contributed by atoms with Crippen molar-refractivity contribution >= 4 is 47.9 Å². The van der Waals surface area contributed by atoms with Crippen LogP contribution in [0.25, 0.3) is 0 Å². The van der Waals surface area contributed by atoms with Gasteiger partial charge in [-0.25, -0.2) is 0 Å². The van der Waals surface area contributed by atoms with E-state index in [0.29, 0.717) is 29.7 Å². The molecule has 0 amide bonds. The Morgan fingerprint density at radius 1 is 0.533 bits per heavy atom. The average molecular weight is 2760 g/mol. The summed E-state index contributed by atoms with van der Waals surface area (Å²) in [5.74, 6) is 2.32. The molecule has 0 N–H and O–H groups in total.